The summed E-state index contributed by atoms with van der Waals surface area (Å²) in [6.07, 6.45) is 2.86. The van der Waals surface area contributed by atoms with Crippen LogP contribution in [-0.4, -0.2) is 33.4 Å². The van der Waals surface area contributed by atoms with E-state index in [0.29, 0.717) is 5.25 Å². The van der Waals surface area contributed by atoms with Crippen LogP contribution in [0.1, 0.15) is 19.0 Å². The van der Waals surface area contributed by atoms with Gasteiger partial charge in [-0.15, -0.1) is 23.1 Å². The van der Waals surface area contributed by atoms with Crippen LogP contribution in [0, 0.1) is 0 Å². The summed E-state index contributed by atoms with van der Waals surface area (Å²) < 4.78 is 2.13. The molecule has 0 bridgehead atoms. The van der Waals surface area contributed by atoms with Crippen molar-refractivity contribution in [1.82, 2.24) is 14.7 Å². The molecule has 2 aromatic heterocycles. The van der Waals surface area contributed by atoms with E-state index in [1.54, 1.807) is 23.1 Å². The van der Waals surface area contributed by atoms with Crippen molar-refractivity contribution in [2.75, 3.05) is 13.7 Å². The van der Waals surface area contributed by atoms with Gasteiger partial charge in [0.05, 0.1) is 5.69 Å². The normalized spacial score (nSPS) is 13.4. The summed E-state index contributed by atoms with van der Waals surface area (Å²) in [5.74, 6) is 0. The first-order chi connectivity index (χ1) is 8.26. The number of rotatable bonds is 6. The first-order valence-corrected chi connectivity index (χ1v) is 7.38. The molecule has 1 unspecified atom stereocenters. The van der Waals surface area contributed by atoms with Crippen LogP contribution in [0.25, 0.3) is 4.96 Å². The van der Waals surface area contributed by atoms with Crippen LogP contribution in [-0.2, 0) is 6.54 Å². The van der Waals surface area contributed by atoms with E-state index in [9.17, 15) is 0 Å². The predicted molar refractivity (Wildman–Crippen MR) is 72.9 cm³/mol. The van der Waals surface area contributed by atoms with Crippen molar-refractivity contribution in [3.8, 4) is 0 Å². The summed E-state index contributed by atoms with van der Waals surface area (Å²) in [7, 11) is 1.94. The third kappa shape index (κ3) is 2.82. The highest BCUT2D eigenvalue weighted by molar-refractivity contribution is 7.99. The molecule has 0 spiro atoms. The molecule has 0 aliphatic heterocycles. The third-order valence-corrected chi connectivity index (χ3v) is 4.46. The van der Waals surface area contributed by atoms with Crippen molar-refractivity contribution in [2.24, 2.45) is 0 Å². The number of nitrogens with zero attached hydrogens (tertiary/aromatic N) is 2. The van der Waals surface area contributed by atoms with Gasteiger partial charge in [-0.05, 0) is 13.5 Å². The van der Waals surface area contributed by atoms with Crippen LogP contribution in [0.15, 0.2) is 16.6 Å². The maximum atomic E-state index is 8.94. The van der Waals surface area contributed by atoms with Crippen LogP contribution in [0.4, 0.5) is 0 Å². The summed E-state index contributed by atoms with van der Waals surface area (Å²) in [5.41, 5.74) is 1.21. The van der Waals surface area contributed by atoms with Crippen molar-refractivity contribution >= 4 is 28.1 Å². The summed E-state index contributed by atoms with van der Waals surface area (Å²) >= 11 is 3.39. The Morgan fingerprint density at radius 1 is 1.65 bits per heavy atom. The topological polar surface area (TPSA) is 49.6 Å². The van der Waals surface area contributed by atoms with Gasteiger partial charge in [0.1, 0.15) is 5.03 Å². The van der Waals surface area contributed by atoms with E-state index in [0.717, 1.165) is 23.0 Å². The quantitative estimate of drug-likeness (QED) is 0.789. The third-order valence-electron chi connectivity index (χ3n) is 2.52. The highest BCUT2D eigenvalue weighted by Gasteiger charge is 2.15. The van der Waals surface area contributed by atoms with Crippen LogP contribution in [0.5, 0.6) is 0 Å². The Kier molecular flexibility index (Phi) is 4.44. The second-order valence-electron chi connectivity index (χ2n) is 3.89. The predicted octanol–water partition coefficient (Wildman–Crippen LogP) is 1.98. The van der Waals surface area contributed by atoms with Crippen LogP contribution in [0.3, 0.4) is 0 Å². The molecule has 0 aliphatic rings. The van der Waals surface area contributed by atoms with Gasteiger partial charge in [0.2, 0.25) is 0 Å². The molecule has 0 saturated carbocycles. The van der Waals surface area contributed by atoms with Crippen LogP contribution in [0.2, 0.25) is 0 Å². The molecule has 6 heteroatoms. The lowest BCUT2D eigenvalue weighted by Crippen LogP contribution is -2.09. The molecule has 2 rings (SSSR count). The molecule has 1 atom stereocenters. The Bertz CT molecular complexity index is 480. The number of nitrogens with one attached hydrogen (secondary N) is 1. The average Bonchev–Trinajstić information content (AvgIpc) is 2.83. The zero-order valence-corrected chi connectivity index (χ0v) is 11.6. The van der Waals surface area contributed by atoms with E-state index in [1.807, 2.05) is 12.4 Å². The second kappa shape index (κ2) is 5.86. The summed E-state index contributed by atoms with van der Waals surface area (Å²) in [4.78, 5) is 5.67. The van der Waals surface area contributed by atoms with Crippen LogP contribution < -0.4 is 5.32 Å². The standard InChI is InChI=1S/C11H17N3OS2/c1-8(3-5-15)17-10-9(7-12-2)14-4-6-16-11(14)13-10/h4,6,8,12,15H,3,5,7H2,1-2H3. The summed E-state index contributed by atoms with van der Waals surface area (Å²) in [6, 6.07) is 0. The van der Waals surface area contributed by atoms with Crippen molar-refractivity contribution in [3.63, 3.8) is 0 Å². The van der Waals surface area contributed by atoms with Crippen LogP contribution >= 0.6 is 23.1 Å². The first kappa shape index (κ1) is 12.9. The molecule has 2 N–H and O–H groups in total. The van der Waals surface area contributed by atoms with Crippen molar-refractivity contribution < 1.29 is 5.11 Å². The molecule has 94 valence electrons. The Morgan fingerprint density at radius 2 is 2.47 bits per heavy atom. The first-order valence-electron chi connectivity index (χ1n) is 5.62. The van der Waals surface area contributed by atoms with E-state index in [4.69, 9.17) is 5.11 Å². The van der Waals surface area contributed by atoms with Crippen molar-refractivity contribution in [2.45, 2.75) is 30.2 Å². The fourth-order valence-corrected chi connectivity index (χ4v) is 3.51. The number of fused-ring (bicyclic) bond motifs is 1. The number of aliphatic hydroxyl groups is 1. The fourth-order valence-electron chi connectivity index (χ4n) is 1.67. The highest BCUT2D eigenvalue weighted by Crippen LogP contribution is 2.29. The molecule has 4 nitrogen and oxygen atoms in total. The lowest BCUT2D eigenvalue weighted by Gasteiger charge is -2.09. The number of hydrogen-bond acceptors (Lipinski definition) is 5. The minimum Gasteiger partial charge on any atom is -0.396 e. The van der Waals surface area contributed by atoms with E-state index in [2.05, 4.69) is 27.8 Å². The maximum absolute atomic E-state index is 8.94. The van der Waals surface area contributed by atoms with E-state index in [-0.39, 0.29) is 6.61 Å². The zero-order chi connectivity index (χ0) is 12.3. The molecule has 0 aliphatic carbocycles. The summed E-state index contributed by atoms with van der Waals surface area (Å²) in [6.45, 7) is 3.17. The molecule has 0 amide bonds. The van der Waals surface area contributed by atoms with Gasteiger partial charge in [-0.25, -0.2) is 4.98 Å². The van der Waals surface area contributed by atoms with Gasteiger partial charge < -0.3 is 10.4 Å². The number of aliphatic hydroxyl groups excluding tert-OH is 1. The molecule has 0 radical (unpaired) electrons. The molecule has 0 aromatic carbocycles. The van der Waals surface area contributed by atoms with E-state index >= 15 is 0 Å². The monoisotopic (exact) mass is 271 g/mol. The van der Waals surface area contributed by atoms with Gasteiger partial charge in [0.15, 0.2) is 4.96 Å². The number of thiazole rings is 1. The molecule has 17 heavy (non-hydrogen) atoms. The fraction of sp³-hybridized carbons (Fsp3) is 0.545. The van der Waals surface area contributed by atoms with Crippen molar-refractivity contribution in [1.29, 1.82) is 0 Å². The highest BCUT2D eigenvalue weighted by atomic mass is 32.2. The van der Waals surface area contributed by atoms with E-state index < -0.39 is 0 Å². The molecular formula is C11H17N3OS2. The lowest BCUT2D eigenvalue weighted by atomic mass is 10.3. The largest absolute Gasteiger partial charge is 0.396 e. The Morgan fingerprint density at radius 3 is 3.18 bits per heavy atom. The molecule has 2 aromatic rings. The Labute approximate surface area is 109 Å². The SMILES string of the molecule is CNCc1c(SC(C)CCO)nc2sccn12. The van der Waals surface area contributed by atoms with Gasteiger partial charge in [0.25, 0.3) is 0 Å². The number of aromatic nitrogens is 2. The van der Waals surface area contributed by atoms with Gasteiger partial charge >= 0.3 is 0 Å². The Hall–Kier alpha value is -0.560. The minimum absolute atomic E-state index is 0.234. The molecule has 0 saturated heterocycles. The lowest BCUT2D eigenvalue weighted by molar-refractivity contribution is 0.289. The second-order valence-corrected chi connectivity index (χ2v) is 6.19. The van der Waals surface area contributed by atoms with Gasteiger partial charge in [-0.2, -0.15) is 0 Å². The van der Waals surface area contributed by atoms with Gasteiger partial charge in [0, 0.05) is 30.0 Å². The van der Waals surface area contributed by atoms with Gasteiger partial charge in [-0.1, -0.05) is 6.92 Å². The van der Waals surface area contributed by atoms with Gasteiger partial charge in [-0.3, -0.25) is 4.40 Å². The number of hydrogen-bond donors (Lipinski definition) is 2. The Balaban J connectivity index is 2.25. The molecular weight excluding hydrogens is 254 g/mol. The molecule has 2 heterocycles. The van der Waals surface area contributed by atoms with E-state index in [1.165, 1.54) is 5.69 Å². The summed E-state index contributed by atoms with van der Waals surface area (Å²) in [5, 5.41) is 15.6. The number of thioether (sulfide) groups is 1. The van der Waals surface area contributed by atoms with Crippen molar-refractivity contribution in [3.05, 3.63) is 17.3 Å². The minimum atomic E-state index is 0.234. The zero-order valence-electron chi connectivity index (χ0n) is 10.0. The smallest absolute Gasteiger partial charge is 0.194 e. The molecule has 0 fully saturated rings. The average molecular weight is 271 g/mol. The number of imidazole rings is 1. The maximum Gasteiger partial charge on any atom is 0.194 e.